The topological polar surface area (TPSA) is 89.5 Å². The number of carbonyl (C=O) groups excluding carboxylic acids is 2. The molecule has 2 aromatic carbocycles. The van der Waals surface area contributed by atoms with Gasteiger partial charge in [0.1, 0.15) is 6.04 Å². The number of esters is 1. The van der Waals surface area contributed by atoms with Crippen LogP contribution in [0.2, 0.25) is 5.02 Å². The van der Waals surface area contributed by atoms with Crippen LogP contribution in [0.15, 0.2) is 53.4 Å². The Morgan fingerprint density at radius 2 is 1.65 bits per heavy atom. The Morgan fingerprint density at radius 3 is 2.15 bits per heavy atom. The Balaban J connectivity index is 2.24. The number of rotatable bonds is 7. The third-order valence-corrected chi connectivity index (χ3v) is 5.45. The molecule has 0 aliphatic heterocycles. The van der Waals surface area contributed by atoms with Crippen LogP contribution in [0, 0.1) is 0 Å². The van der Waals surface area contributed by atoms with Crippen molar-refractivity contribution in [2.45, 2.75) is 24.3 Å². The molecule has 2 rings (SSSR count). The molecule has 138 valence electrons. The molecule has 0 spiro atoms. The van der Waals surface area contributed by atoms with Gasteiger partial charge in [-0.15, -0.1) is 0 Å². The van der Waals surface area contributed by atoms with Crippen molar-refractivity contribution in [3.05, 3.63) is 64.7 Å². The summed E-state index contributed by atoms with van der Waals surface area (Å²) in [6.07, 6.45) is 0.106. The predicted molar refractivity (Wildman–Crippen MR) is 97.7 cm³/mol. The summed E-state index contributed by atoms with van der Waals surface area (Å²) in [5.74, 6) is -0.874. The Morgan fingerprint density at radius 1 is 1.08 bits per heavy atom. The van der Waals surface area contributed by atoms with Crippen molar-refractivity contribution >= 4 is 33.4 Å². The predicted octanol–water partition coefficient (Wildman–Crippen LogP) is 2.61. The number of ketones is 1. The zero-order valence-corrected chi connectivity index (χ0v) is 15.8. The van der Waals surface area contributed by atoms with E-state index in [0.717, 1.165) is 5.56 Å². The van der Waals surface area contributed by atoms with Gasteiger partial charge in [0.05, 0.1) is 12.0 Å². The molecule has 0 amide bonds. The highest BCUT2D eigenvalue weighted by Gasteiger charge is 2.26. The molecule has 6 nitrogen and oxygen atoms in total. The highest BCUT2D eigenvalue weighted by atomic mass is 35.5. The van der Waals surface area contributed by atoms with Gasteiger partial charge in [-0.3, -0.25) is 9.59 Å². The van der Waals surface area contributed by atoms with Gasteiger partial charge in [-0.1, -0.05) is 35.9 Å². The van der Waals surface area contributed by atoms with Gasteiger partial charge in [-0.25, -0.2) is 8.42 Å². The summed E-state index contributed by atoms with van der Waals surface area (Å²) in [6, 6.07) is 11.1. The van der Waals surface area contributed by atoms with Crippen LogP contribution in [0.4, 0.5) is 0 Å². The van der Waals surface area contributed by atoms with Crippen molar-refractivity contribution in [1.82, 2.24) is 4.72 Å². The second kappa shape index (κ2) is 8.44. The maximum absolute atomic E-state index is 12.6. The molecule has 0 heterocycles. The van der Waals surface area contributed by atoms with E-state index in [0.29, 0.717) is 10.6 Å². The first-order valence-electron chi connectivity index (χ1n) is 7.68. The average Bonchev–Trinajstić information content (AvgIpc) is 2.62. The van der Waals surface area contributed by atoms with Crippen LogP contribution < -0.4 is 4.72 Å². The maximum atomic E-state index is 12.6. The summed E-state index contributed by atoms with van der Waals surface area (Å²) in [5, 5.41) is 0.537. The quantitative estimate of drug-likeness (QED) is 0.575. The average molecular weight is 396 g/mol. The van der Waals surface area contributed by atoms with Crippen LogP contribution >= 0.6 is 11.6 Å². The lowest BCUT2D eigenvalue weighted by molar-refractivity contribution is -0.142. The molecule has 2 aromatic rings. The summed E-state index contributed by atoms with van der Waals surface area (Å²) in [6.45, 7) is 1.39. The molecule has 1 N–H and O–H groups in total. The number of Topliss-reactive ketones (excluding diaryl/α,β-unsaturated/α-hetero) is 1. The molecule has 0 aliphatic rings. The van der Waals surface area contributed by atoms with Crippen LogP contribution in [-0.2, 0) is 26.0 Å². The van der Waals surface area contributed by atoms with Crippen LogP contribution in [0.5, 0.6) is 0 Å². The molecule has 0 radical (unpaired) electrons. The summed E-state index contributed by atoms with van der Waals surface area (Å²) >= 11 is 5.83. The van der Waals surface area contributed by atoms with E-state index in [1.165, 1.54) is 38.3 Å². The second-order valence-corrected chi connectivity index (χ2v) is 7.76. The van der Waals surface area contributed by atoms with Crippen LogP contribution in [0.1, 0.15) is 22.8 Å². The first-order chi connectivity index (χ1) is 12.2. The highest BCUT2D eigenvalue weighted by Crippen LogP contribution is 2.15. The van der Waals surface area contributed by atoms with E-state index in [4.69, 9.17) is 16.3 Å². The monoisotopic (exact) mass is 395 g/mol. The van der Waals surface area contributed by atoms with E-state index in [9.17, 15) is 18.0 Å². The molecule has 0 fully saturated rings. The van der Waals surface area contributed by atoms with Gasteiger partial charge < -0.3 is 4.74 Å². The van der Waals surface area contributed by atoms with E-state index in [2.05, 4.69) is 4.72 Å². The van der Waals surface area contributed by atoms with Crippen LogP contribution in [0.25, 0.3) is 0 Å². The standard InChI is InChI=1S/C18H18ClNO5S/c1-12(21)14-5-9-16(10-6-14)26(23,24)20-17(18(22)25-2)11-13-3-7-15(19)8-4-13/h3-10,17,20H,11H2,1-2H3. The van der Waals surface area contributed by atoms with Crippen molar-refractivity contribution < 1.29 is 22.7 Å². The van der Waals surface area contributed by atoms with E-state index in [1.807, 2.05) is 0 Å². The molecule has 0 bridgehead atoms. The molecule has 0 aliphatic carbocycles. The Kier molecular flexibility index (Phi) is 6.52. The lowest BCUT2D eigenvalue weighted by Crippen LogP contribution is -2.42. The minimum Gasteiger partial charge on any atom is -0.468 e. The lowest BCUT2D eigenvalue weighted by Gasteiger charge is -2.17. The van der Waals surface area contributed by atoms with E-state index in [-0.39, 0.29) is 17.1 Å². The van der Waals surface area contributed by atoms with Gasteiger partial charge in [-0.2, -0.15) is 4.72 Å². The van der Waals surface area contributed by atoms with Gasteiger partial charge in [-0.05, 0) is 43.2 Å². The third-order valence-electron chi connectivity index (χ3n) is 3.71. The van der Waals surface area contributed by atoms with E-state index < -0.39 is 22.0 Å². The summed E-state index contributed by atoms with van der Waals surface area (Å²) in [4.78, 5) is 23.3. The molecular formula is C18H18ClNO5S. The van der Waals surface area contributed by atoms with E-state index >= 15 is 0 Å². The van der Waals surface area contributed by atoms with Crippen molar-refractivity contribution in [3.63, 3.8) is 0 Å². The second-order valence-electron chi connectivity index (χ2n) is 5.61. The van der Waals surface area contributed by atoms with Crippen molar-refractivity contribution in [3.8, 4) is 0 Å². The fourth-order valence-corrected chi connectivity index (χ4v) is 3.61. The smallest absolute Gasteiger partial charge is 0.324 e. The molecule has 1 atom stereocenters. The van der Waals surface area contributed by atoms with Gasteiger partial charge >= 0.3 is 5.97 Å². The molecule has 1 unspecified atom stereocenters. The van der Waals surface area contributed by atoms with Gasteiger partial charge in [0.15, 0.2) is 5.78 Å². The van der Waals surface area contributed by atoms with Gasteiger partial charge in [0.25, 0.3) is 0 Å². The van der Waals surface area contributed by atoms with Gasteiger partial charge in [0, 0.05) is 10.6 Å². The number of nitrogens with one attached hydrogen (secondary N) is 1. The molecule has 26 heavy (non-hydrogen) atoms. The molecule has 0 saturated carbocycles. The number of carbonyl (C=O) groups is 2. The fourth-order valence-electron chi connectivity index (χ4n) is 2.30. The summed E-state index contributed by atoms with van der Waals surface area (Å²) in [5.41, 5.74) is 1.12. The number of hydrogen-bond acceptors (Lipinski definition) is 5. The number of hydrogen-bond donors (Lipinski definition) is 1. The van der Waals surface area contributed by atoms with Crippen LogP contribution in [0.3, 0.4) is 0 Å². The first kappa shape index (κ1) is 20.1. The molecule has 8 heteroatoms. The normalized spacial score (nSPS) is 12.4. The molecule has 0 saturated heterocycles. The Labute approximate surface area is 157 Å². The fraction of sp³-hybridized carbons (Fsp3) is 0.222. The van der Waals surface area contributed by atoms with E-state index in [1.54, 1.807) is 24.3 Å². The number of methoxy groups -OCH3 is 1. The Hall–Kier alpha value is -2.22. The maximum Gasteiger partial charge on any atom is 0.324 e. The minimum atomic E-state index is -3.97. The first-order valence-corrected chi connectivity index (χ1v) is 9.54. The minimum absolute atomic E-state index is 0.0486. The third kappa shape index (κ3) is 5.14. The van der Waals surface area contributed by atoms with Crippen molar-refractivity contribution in [1.29, 1.82) is 0 Å². The largest absolute Gasteiger partial charge is 0.468 e. The summed E-state index contributed by atoms with van der Waals surface area (Å²) in [7, 11) is -2.79. The SMILES string of the molecule is COC(=O)C(Cc1ccc(Cl)cc1)NS(=O)(=O)c1ccc(C(C)=O)cc1. The highest BCUT2D eigenvalue weighted by molar-refractivity contribution is 7.89. The lowest BCUT2D eigenvalue weighted by atomic mass is 10.1. The van der Waals surface area contributed by atoms with Crippen LogP contribution in [-0.4, -0.2) is 33.3 Å². The molecular weight excluding hydrogens is 378 g/mol. The summed E-state index contributed by atoms with van der Waals surface area (Å²) < 4.78 is 32.2. The zero-order chi connectivity index (χ0) is 19.3. The van der Waals surface area contributed by atoms with Crippen molar-refractivity contribution in [2.24, 2.45) is 0 Å². The van der Waals surface area contributed by atoms with Gasteiger partial charge in [0.2, 0.25) is 10.0 Å². The van der Waals surface area contributed by atoms with Crippen molar-refractivity contribution in [2.75, 3.05) is 7.11 Å². The number of benzene rings is 2. The molecule has 0 aromatic heterocycles. The zero-order valence-electron chi connectivity index (χ0n) is 14.2. The number of halogens is 1. The Bertz CT molecular complexity index is 892. The number of ether oxygens (including phenoxy) is 1. The number of sulfonamides is 1.